The van der Waals surface area contributed by atoms with Gasteiger partial charge in [-0.1, -0.05) is 6.07 Å². The summed E-state index contributed by atoms with van der Waals surface area (Å²) < 4.78 is 10.5. The average Bonchev–Trinajstić information content (AvgIpc) is 3.17. The van der Waals surface area contributed by atoms with Crippen LogP contribution in [0.3, 0.4) is 0 Å². The average molecular weight is 517 g/mol. The third-order valence-corrected chi connectivity index (χ3v) is 6.45. The number of amides is 5. The molecule has 1 unspecified atom stereocenters. The Morgan fingerprint density at radius 2 is 1.97 bits per heavy atom. The van der Waals surface area contributed by atoms with Gasteiger partial charge >= 0.3 is 12.0 Å². The lowest BCUT2D eigenvalue weighted by Gasteiger charge is -2.43. The Labute approximate surface area is 214 Å². The Balaban J connectivity index is 1.52. The lowest BCUT2D eigenvalue weighted by Crippen LogP contribution is -2.65. The van der Waals surface area contributed by atoms with E-state index in [0.717, 1.165) is 15.7 Å². The predicted octanol–water partition coefficient (Wildman–Crippen LogP) is 0.225. The minimum absolute atomic E-state index is 0.0218. The summed E-state index contributed by atoms with van der Waals surface area (Å²) in [4.78, 5) is 66.4. The monoisotopic (exact) mass is 516 g/mol. The van der Waals surface area contributed by atoms with Crippen molar-refractivity contribution >= 4 is 35.4 Å². The van der Waals surface area contributed by atoms with Gasteiger partial charge in [-0.25, -0.2) is 19.8 Å². The SMILES string of the molecule is CCOC1OC(=O)C[C@@H]1NC(=O)[C@@H]1CCCN2C(=O)CCN(NC(=O)c3cccc(N(C)C)c3)C(=O)N12. The van der Waals surface area contributed by atoms with Crippen molar-refractivity contribution in [1.82, 2.24) is 25.8 Å². The molecule has 37 heavy (non-hydrogen) atoms. The van der Waals surface area contributed by atoms with Crippen LogP contribution in [0.2, 0.25) is 0 Å². The van der Waals surface area contributed by atoms with Crippen molar-refractivity contribution in [2.75, 3.05) is 38.7 Å². The number of hydrogen-bond acceptors (Lipinski definition) is 8. The number of esters is 1. The highest BCUT2D eigenvalue weighted by molar-refractivity contribution is 5.97. The number of rotatable bonds is 7. The minimum Gasteiger partial charge on any atom is -0.433 e. The van der Waals surface area contributed by atoms with E-state index in [2.05, 4.69) is 10.7 Å². The van der Waals surface area contributed by atoms with Gasteiger partial charge in [0.1, 0.15) is 12.1 Å². The second-order valence-electron chi connectivity index (χ2n) is 9.22. The van der Waals surface area contributed by atoms with Crippen molar-refractivity contribution in [1.29, 1.82) is 0 Å². The van der Waals surface area contributed by atoms with Crippen LogP contribution in [-0.4, -0.2) is 96.9 Å². The van der Waals surface area contributed by atoms with E-state index in [9.17, 15) is 24.0 Å². The van der Waals surface area contributed by atoms with Gasteiger partial charge in [-0.05, 0) is 38.0 Å². The van der Waals surface area contributed by atoms with E-state index in [-0.39, 0.29) is 38.4 Å². The Bertz CT molecular complexity index is 1080. The maximum atomic E-state index is 13.6. The lowest BCUT2D eigenvalue weighted by molar-refractivity contribution is -0.166. The molecule has 0 saturated carbocycles. The van der Waals surface area contributed by atoms with E-state index in [0.29, 0.717) is 18.4 Å². The summed E-state index contributed by atoms with van der Waals surface area (Å²) in [5.41, 5.74) is 3.75. The van der Waals surface area contributed by atoms with Gasteiger partial charge in [0.15, 0.2) is 0 Å². The van der Waals surface area contributed by atoms with E-state index >= 15 is 0 Å². The van der Waals surface area contributed by atoms with Crippen molar-refractivity contribution in [2.24, 2.45) is 0 Å². The highest BCUT2D eigenvalue weighted by atomic mass is 16.7. The smallest absolute Gasteiger partial charge is 0.358 e. The maximum Gasteiger partial charge on any atom is 0.358 e. The topological polar surface area (TPSA) is 141 Å². The first-order valence-corrected chi connectivity index (χ1v) is 12.3. The van der Waals surface area contributed by atoms with Crippen molar-refractivity contribution < 1.29 is 33.4 Å². The number of benzene rings is 1. The first kappa shape index (κ1) is 26.2. The highest BCUT2D eigenvalue weighted by Crippen LogP contribution is 2.25. The van der Waals surface area contributed by atoms with Crippen LogP contribution in [0.15, 0.2) is 24.3 Å². The summed E-state index contributed by atoms with van der Waals surface area (Å²) in [5.74, 6) is -1.88. The van der Waals surface area contributed by atoms with Crippen LogP contribution in [0, 0.1) is 0 Å². The molecule has 0 aliphatic carbocycles. The molecule has 0 aromatic heterocycles. The van der Waals surface area contributed by atoms with Crippen LogP contribution in [0.4, 0.5) is 10.5 Å². The number of carbonyl (C=O) groups excluding carboxylic acids is 5. The standard InChI is InChI=1S/C24H32N6O7/c1-4-36-23-17(14-20(32)37-23)25-22(34)18-9-6-11-29-19(31)10-12-28(24(35)30(18)29)26-21(33)15-7-5-8-16(13-15)27(2)3/h5,7-8,13,17-18,23H,4,6,9-12,14H2,1-3H3,(H,25,34)(H,26,33)/t17-,18-,23?/m0/s1. The Morgan fingerprint density at radius 1 is 1.19 bits per heavy atom. The quantitative estimate of drug-likeness (QED) is 0.491. The van der Waals surface area contributed by atoms with Crippen molar-refractivity contribution in [3.63, 3.8) is 0 Å². The molecule has 200 valence electrons. The molecule has 1 aromatic rings. The molecule has 3 atom stereocenters. The van der Waals surface area contributed by atoms with Gasteiger partial charge in [0.25, 0.3) is 5.91 Å². The number of nitrogens with zero attached hydrogens (tertiary/aromatic N) is 4. The molecule has 3 saturated heterocycles. The first-order valence-electron chi connectivity index (χ1n) is 12.3. The Hall–Kier alpha value is -3.87. The molecular weight excluding hydrogens is 484 g/mol. The van der Waals surface area contributed by atoms with Gasteiger partial charge < -0.3 is 19.7 Å². The Kier molecular flexibility index (Phi) is 7.81. The normalized spacial score (nSPS) is 23.8. The van der Waals surface area contributed by atoms with Crippen molar-refractivity contribution in [2.45, 2.75) is 51.0 Å². The molecule has 0 bridgehead atoms. The zero-order valence-corrected chi connectivity index (χ0v) is 21.1. The fourth-order valence-electron chi connectivity index (χ4n) is 4.58. The van der Waals surface area contributed by atoms with Crippen LogP contribution < -0.4 is 15.6 Å². The minimum atomic E-state index is -1.02. The number of urea groups is 1. The summed E-state index contributed by atoms with van der Waals surface area (Å²) in [6.07, 6.45) is -0.197. The molecule has 3 aliphatic heterocycles. The summed E-state index contributed by atoms with van der Waals surface area (Å²) in [6, 6.07) is 4.47. The number of hydrogen-bond donors (Lipinski definition) is 2. The first-order chi connectivity index (χ1) is 17.7. The number of ether oxygens (including phenoxy) is 2. The van der Waals surface area contributed by atoms with Crippen LogP contribution in [0.1, 0.15) is 43.0 Å². The number of cyclic esters (lactones) is 1. The predicted molar refractivity (Wildman–Crippen MR) is 130 cm³/mol. The van der Waals surface area contributed by atoms with Gasteiger partial charge in [-0.2, -0.15) is 0 Å². The van der Waals surface area contributed by atoms with E-state index in [4.69, 9.17) is 9.47 Å². The number of fused-ring (bicyclic) bond motifs is 1. The lowest BCUT2D eigenvalue weighted by atomic mass is 10.1. The molecule has 4 rings (SSSR count). The summed E-state index contributed by atoms with van der Waals surface area (Å²) in [5, 5.41) is 6.20. The molecule has 1 aromatic carbocycles. The van der Waals surface area contributed by atoms with Crippen LogP contribution in [-0.2, 0) is 23.9 Å². The van der Waals surface area contributed by atoms with Gasteiger partial charge in [-0.3, -0.25) is 24.6 Å². The molecule has 13 nitrogen and oxygen atoms in total. The zero-order chi connectivity index (χ0) is 26.7. The zero-order valence-electron chi connectivity index (χ0n) is 21.1. The molecule has 0 radical (unpaired) electrons. The Morgan fingerprint density at radius 3 is 2.70 bits per heavy atom. The van der Waals surface area contributed by atoms with E-state index in [1.165, 1.54) is 5.01 Å². The fourth-order valence-corrected chi connectivity index (χ4v) is 4.58. The van der Waals surface area contributed by atoms with Crippen LogP contribution in [0.5, 0.6) is 0 Å². The van der Waals surface area contributed by atoms with Crippen molar-refractivity contribution in [3.05, 3.63) is 29.8 Å². The third kappa shape index (κ3) is 5.61. The largest absolute Gasteiger partial charge is 0.433 e. The maximum absolute atomic E-state index is 13.6. The molecule has 3 heterocycles. The van der Waals surface area contributed by atoms with E-state index in [1.807, 2.05) is 25.1 Å². The molecule has 3 fully saturated rings. The van der Waals surface area contributed by atoms with Gasteiger partial charge in [0.05, 0.1) is 13.0 Å². The second kappa shape index (κ2) is 11.0. The number of anilines is 1. The summed E-state index contributed by atoms with van der Waals surface area (Å²) in [6.45, 7) is 2.25. The van der Waals surface area contributed by atoms with Gasteiger partial charge in [-0.15, -0.1) is 0 Å². The molecule has 5 amide bonds. The van der Waals surface area contributed by atoms with Crippen LogP contribution >= 0.6 is 0 Å². The number of carbonyl (C=O) groups is 5. The molecule has 2 N–H and O–H groups in total. The van der Waals surface area contributed by atoms with Gasteiger partial charge in [0, 0.05) is 44.9 Å². The van der Waals surface area contributed by atoms with Crippen molar-refractivity contribution in [3.8, 4) is 0 Å². The van der Waals surface area contributed by atoms with Crippen LogP contribution in [0.25, 0.3) is 0 Å². The molecule has 0 spiro atoms. The number of nitrogens with one attached hydrogen (secondary N) is 2. The molecule has 13 heteroatoms. The van der Waals surface area contributed by atoms with E-state index < -0.39 is 42.2 Å². The fraction of sp³-hybridized carbons (Fsp3) is 0.542. The second-order valence-corrected chi connectivity index (χ2v) is 9.22. The van der Waals surface area contributed by atoms with Gasteiger partial charge in [0.2, 0.25) is 18.1 Å². The highest BCUT2D eigenvalue weighted by Gasteiger charge is 2.46. The third-order valence-electron chi connectivity index (χ3n) is 6.45. The van der Waals surface area contributed by atoms with E-state index in [1.54, 1.807) is 25.1 Å². The summed E-state index contributed by atoms with van der Waals surface area (Å²) >= 11 is 0. The number of hydrazine groups is 2. The molecular formula is C24H32N6O7. The summed E-state index contributed by atoms with van der Waals surface area (Å²) in [7, 11) is 3.70. The molecule has 3 aliphatic rings.